The molecular weight excluding hydrogens is 393 g/mol. The van der Waals surface area contributed by atoms with Crippen molar-refractivity contribution >= 4 is 34.2 Å². The first-order chi connectivity index (χ1) is 10.6. The van der Waals surface area contributed by atoms with Crippen molar-refractivity contribution in [3.05, 3.63) is 63.5 Å². The van der Waals surface area contributed by atoms with Crippen molar-refractivity contribution in [1.82, 2.24) is 20.2 Å². The number of carbonyl (C=O) groups is 1. The Morgan fingerprint density at radius 3 is 2.64 bits per heavy atom. The van der Waals surface area contributed by atoms with Crippen LogP contribution in [0.2, 0.25) is 0 Å². The van der Waals surface area contributed by atoms with E-state index in [1.54, 1.807) is 16.8 Å². The van der Waals surface area contributed by atoms with E-state index in [1.165, 1.54) is 6.33 Å². The van der Waals surface area contributed by atoms with Gasteiger partial charge in [-0.25, -0.2) is 4.68 Å². The van der Waals surface area contributed by atoms with E-state index in [9.17, 15) is 4.79 Å². The Morgan fingerprint density at radius 2 is 1.95 bits per heavy atom. The van der Waals surface area contributed by atoms with Crippen LogP contribution in [0.5, 0.6) is 0 Å². The Bertz CT molecular complexity index is 799. The number of hydrogen-bond donors (Lipinski definition) is 1. The van der Waals surface area contributed by atoms with Gasteiger partial charge in [-0.05, 0) is 81.9 Å². The van der Waals surface area contributed by atoms with E-state index in [0.717, 1.165) is 14.8 Å². The van der Waals surface area contributed by atoms with Crippen LogP contribution < -0.4 is 5.32 Å². The van der Waals surface area contributed by atoms with Crippen LogP contribution in [0.15, 0.2) is 48.8 Å². The van der Waals surface area contributed by atoms with E-state index in [2.05, 4.69) is 43.4 Å². The van der Waals surface area contributed by atoms with Gasteiger partial charge in [-0.3, -0.25) is 4.79 Å². The van der Waals surface area contributed by atoms with Gasteiger partial charge in [-0.15, -0.1) is 5.10 Å². The first kappa shape index (κ1) is 14.6. The molecule has 22 heavy (non-hydrogen) atoms. The standard InChI is InChI=1S/C15H12IN5O/c1-10-2-7-13(8-14(10)21-9-17-19-20-21)18-15(22)11-3-5-12(16)6-4-11/h2-9H,1H3,(H,18,22). The lowest BCUT2D eigenvalue weighted by Crippen LogP contribution is -2.12. The van der Waals surface area contributed by atoms with Crippen molar-refractivity contribution in [3.8, 4) is 5.69 Å². The highest BCUT2D eigenvalue weighted by Crippen LogP contribution is 2.19. The van der Waals surface area contributed by atoms with Crippen LogP contribution in [0.3, 0.4) is 0 Å². The third kappa shape index (κ3) is 3.14. The smallest absolute Gasteiger partial charge is 0.255 e. The quantitative estimate of drug-likeness (QED) is 0.681. The molecule has 7 heteroatoms. The van der Waals surface area contributed by atoms with Crippen LogP contribution in [0.4, 0.5) is 5.69 Å². The van der Waals surface area contributed by atoms with E-state index in [0.29, 0.717) is 11.3 Å². The molecule has 6 nitrogen and oxygen atoms in total. The fraction of sp³-hybridized carbons (Fsp3) is 0.0667. The second kappa shape index (κ2) is 6.22. The molecule has 0 atom stereocenters. The molecule has 2 aromatic carbocycles. The molecule has 3 aromatic rings. The molecule has 0 aliphatic rings. The Labute approximate surface area is 140 Å². The lowest BCUT2D eigenvalue weighted by atomic mass is 10.1. The summed E-state index contributed by atoms with van der Waals surface area (Å²) in [5.41, 5.74) is 3.15. The second-order valence-electron chi connectivity index (χ2n) is 4.72. The Morgan fingerprint density at radius 1 is 1.18 bits per heavy atom. The van der Waals surface area contributed by atoms with Crippen LogP contribution >= 0.6 is 22.6 Å². The number of aromatic nitrogens is 4. The normalized spacial score (nSPS) is 10.5. The van der Waals surface area contributed by atoms with Gasteiger partial charge >= 0.3 is 0 Å². The first-order valence-electron chi connectivity index (χ1n) is 6.54. The summed E-state index contributed by atoms with van der Waals surface area (Å²) in [6.07, 6.45) is 1.52. The molecule has 1 amide bonds. The molecule has 1 N–H and O–H groups in total. The zero-order valence-corrected chi connectivity index (χ0v) is 13.9. The summed E-state index contributed by atoms with van der Waals surface area (Å²) in [5, 5.41) is 14.0. The molecular formula is C15H12IN5O. The predicted octanol–water partition coefficient (Wildman–Crippen LogP) is 2.83. The maximum Gasteiger partial charge on any atom is 0.255 e. The number of aryl methyl sites for hydroxylation is 1. The highest BCUT2D eigenvalue weighted by atomic mass is 127. The lowest BCUT2D eigenvalue weighted by molar-refractivity contribution is 0.102. The van der Waals surface area contributed by atoms with Crippen LogP contribution in [0, 0.1) is 10.5 Å². The summed E-state index contributed by atoms with van der Waals surface area (Å²) in [6.45, 7) is 1.96. The van der Waals surface area contributed by atoms with E-state index in [4.69, 9.17) is 0 Å². The van der Waals surface area contributed by atoms with E-state index in [-0.39, 0.29) is 5.91 Å². The summed E-state index contributed by atoms with van der Waals surface area (Å²) >= 11 is 2.20. The van der Waals surface area contributed by atoms with Crippen molar-refractivity contribution in [2.24, 2.45) is 0 Å². The molecule has 3 rings (SSSR count). The average Bonchev–Trinajstić information content (AvgIpc) is 3.04. The second-order valence-corrected chi connectivity index (χ2v) is 5.96. The molecule has 1 heterocycles. The zero-order valence-electron chi connectivity index (χ0n) is 11.7. The number of hydrogen-bond acceptors (Lipinski definition) is 4. The summed E-state index contributed by atoms with van der Waals surface area (Å²) < 4.78 is 2.65. The molecule has 0 saturated carbocycles. The molecule has 0 spiro atoms. The Kier molecular flexibility index (Phi) is 4.14. The number of nitrogens with zero attached hydrogens (tertiary/aromatic N) is 4. The maximum atomic E-state index is 12.2. The van der Waals surface area contributed by atoms with Crippen molar-refractivity contribution in [2.75, 3.05) is 5.32 Å². The van der Waals surface area contributed by atoms with Gasteiger partial charge in [0.15, 0.2) is 0 Å². The summed E-state index contributed by atoms with van der Waals surface area (Å²) in [6, 6.07) is 13.0. The highest BCUT2D eigenvalue weighted by Gasteiger charge is 2.09. The van der Waals surface area contributed by atoms with E-state index < -0.39 is 0 Å². The zero-order chi connectivity index (χ0) is 15.5. The minimum Gasteiger partial charge on any atom is -0.322 e. The van der Waals surface area contributed by atoms with E-state index in [1.807, 2.05) is 37.3 Å². The lowest BCUT2D eigenvalue weighted by Gasteiger charge is -2.09. The number of nitrogens with one attached hydrogen (secondary N) is 1. The SMILES string of the molecule is Cc1ccc(NC(=O)c2ccc(I)cc2)cc1-n1cnnn1. The Balaban J connectivity index is 1.85. The van der Waals surface area contributed by atoms with Crippen molar-refractivity contribution in [3.63, 3.8) is 0 Å². The first-order valence-corrected chi connectivity index (χ1v) is 7.62. The van der Waals surface area contributed by atoms with Crippen LogP contribution in [-0.4, -0.2) is 26.1 Å². The van der Waals surface area contributed by atoms with Gasteiger partial charge in [0.05, 0.1) is 5.69 Å². The minimum absolute atomic E-state index is 0.150. The topological polar surface area (TPSA) is 72.7 Å². The van der Waals surface area contributed by atoms with Gasteiger partial charge in [0.1, 0.15) is 6.33 Å². The number of benzene rings is 2. The minimum atomic E-state index is -0.150. The fourth-order valence-electron chi connectivity index (χ4n) is 2.01. The molecule has 0 saturated heterocycles. The predicted molar refractivity (Wildman–Crippen MR) is 91.0 cm³/mol. The van der Waals surface area contributed by atoms with Crippen molar-refractivity contribution < 1.29 is 4.79 Å². The number of anilines is 1. The summed E-state index contributed by atoms with van der Waals surface area (Å²) in [7, 11) is 0. The molecule has 0 aliphatic carbocycles. The largest absolute Gasteiger partial charge is 0.322 e. The molecule has 0 fully saturated rings. The number of rotatable bonds is 3. The van der Waals surface area contributed by atoms with Crippen LogP contribution in [0.25, 0.3) is 5.69 Å². The van der Waals surface area contributed by atoms with Gasteiger partial charge in [0.25, 0.3) is 5.91 Å². The van der Waals surface area contributed by atoms with Gasteiger partial charge in [0, 0.05) is 14.8 Å². The van der Waals surface area contributed by atoms with Crippen LogP contribution in [-0.2, 0) is 0 Å². The Hall–Kier alpha value is -2.29. The van der Waals surface area contributed by atoms with Gasteiger partial charge in [0.2, 0.25) is 0 Å². The molecule has 0 aliphatic heterocycles. The monoisotopic (exact) mass is 405 g/mol. The number of halogens is 1. The molecule has 0 radical (unpaired) electrons. The highest BCUT2D eigenvalue weighted by molar-refractivity contribution is 14.1. The van der Waals surface area contributed by atoms with Gasteiger partial charge in [-0.2, -0.15) is 0 Å². The third-order valence-corrected chi connectivity index (χ3v) is 3.89. The summed E-state index contributed by atoms with van der Waals surface area (Å²) in [4.78, 5) is 12.2. The molecule has 0 unspecified atom stereocenters. The third-order valence-electron chi connectivity index (χ3n) is 3.17. The number of tetrazole rings is 1. The molecule has 0 bridgehead atoms. The molecule has 110 valence electrons. The molecule has 1 aromatic heterocycles. The van der Waals surface area contributed by atoms with Crippen LogP contribution in [0.1, 0.15) is 15.9 Å². The maximum absolute atomic E-state index is 12.2. The van der Waals surface area contributed by atoms with E-state index >= 15 is 0 Å². The fourth-order valence-corrected chi connectivity index (χ4v) is 2.37. The summed E-state index contributed by atoms with van der Waals surface area (Å²) in [5.74, 6) is -0.150. The average molecular weight is 405 g/mol. The van der Waals surface area contributed by atoms with Crippen molar-refractivity contribution in [2.45, 2.75) is 6.92 Å². The van der Waals surface area contributed by atoms with Crippen molar-refractivity contribution in [1.29, 1.82) is 0 Å². The number of amides is 1. The number of carbonyl (C=O) groups excluding carboxylic acids is 1. The van der Waals surface area contributed by atoms with Gasteiger partial charge < -0.3 is 5.32 Å². The van der Waals surface area contributed by atoms with Gasteiger partial charge in [-0.1, -0.05) is 6.07 Å².